The van der Waals surface area contributed by atoms with Crippen molar-refractivity contribution in [2.24, 2.45) is 0 Å². The molecule has 0 saturated heterocycles. The number of thiocarbonyl (C=S) groups is 1. The molecule has 0 aliphatic heterocycles. The average Bonchev–Trinajstić information content (AvgIpc) is 2.48. The van der Waals surface area contributed by atoms with Crippen molar-refractivity contribution >= 4 is 28.8 Å². The molecule has 0 atom stereocenters. The number of hydrogen-bond donors (Lipinski definition) is 1. The summed E-state index contributed by atoms with van der Waals surface area (Å²) in [6.07, 6.45) is 0.907. The van der Waals surface area contributed by atoms with Gasteiger partial charge < -0.3 is 10.1 Å². The van der Waals surface area contributed by atoms with Crippen LogP contribution in [0.15, 0.2) is 48.5 Å². The smallest absolute Gasteiger partial charge is 0.118 e. The quantitative estimate of drug-likeness (QED) is 0.848. The van der Waals surface area contributed by atoms with Gasteiger partial charge in [0, 0.05) is 17.1 Å². The van der Waals surface area contributed by atoms with Crippen molar-refractivity contribution in [2.75, 3.05) is 13.7 Å². The zero-order valence-corrected chi connectivity index (χ0v) is 12.8. The van der Waals surface area contributed by atoms with E-state index in [1.54, 1.807) is 7.11 Å². The van der Waals surface area contributed by atoms with Crippen LogP contribution in [0.3, 0.4) is 0 Å². The molecular formula is C16H16ClNOS. The molecule has 0 aliphatic rings. The Morgan fingerprint density at radius 2 is 1.95 bits per heavy atom. The molecule has 0 bridgehead atoms. The van der Waals surface area contributed by atoms with Crippen molar-refractivity contribution < 1.29 is 4.74 Å². The molecule has 0 spiro atoms. The van der Waals surface area contributed by atoms with E-state index >= 15 is 0 Å². The van der Waals surface area contributed by atoms with Crippen LogP contribution >= 0.6 is 23.8 Å². The van der Waals surface area contributed by atoms with Crippen LogP contribution in [0, 0.1) is 0 Å². The number of hydrogen-bond acceptors (Lipinski definition) is 2. The molecule has 4 heteroatoms. The van der Waals surface area contributed by atoms with Crippen LogP contribution < -0.4 is 10.1 Å². The number of nitrogens with one attached hydrogen (secondary N) is 1. The number of benzene rings is 2. The molecule has 0 aromatic heterocycles. The van der Waals surface area contributed by atoms with Gasteiger partial charge in [-0.05, 0) is 36.2 Å². The maximum atomic E-state index is 5.95. The molecule has 1 N–H and O–H groups in total. The van der Waals surface area contributed by atoms with Crippen LogP contribution in [0.25, 0.3) is 0 Å². The molecule has 0 aliphatic carbocycles. The Bertz CT molecular complexity index is 583. The first-order valence-electron chi connectivity index (χ1n) is 6.36. The van der Waals surface area contributed by atoms with E-state index in [2.05, 4.69) is 17.4 Å². The highest BCUT2D eigenvalue weighted by molar-refractivity contribution is 7.80. The van der Waals surface area contributed by atoms with Gasteiger partial charge in [-0.25, -0.2) is 0 Å². The fourth-order valence-corrected chi connectivity index (χ4v) is 2.26. The molecule has 0 unspecified atom stereocenters. The average molecular weight is 306 g/mol. The summed E-state index contributed by atoms with van der Waals surface area (Å²) in [5.41, 5.74) is 2.19. The van der Waals surface area contributed by atoms with E-state index in [1.165, 1.54) is 5.56 Å². The Morgan fingerprint density at radius 3 is 2.60 bits per heavy atom. The number of rotatable bonds is 5. The zero-order chi connectivity index (χ0) is 14.4. The Morgan fingerprint density at radius 1 is 1.20 bits per heavy atom. The third-order valence-corrected chi connectivity index (χ3v) is 3.56. The van der Waals surface area contributed by atoms with Crippen LogP contribution in [0.5, 0.6) is 5.75 Å². The maximum absolute atomic E-state index is 5.95. The second-order valence-corrected chi connectivity index (χ2v) is 5.21. The topological polar surface area (TPSA) is 21.3 Å². The standard InChI is InChI=1S/C16H16ClNOS/c1-19-15-7-5-12(6-8-15)9-10-18-16(20)13-3-2-4-14(17)11-13/h2-8,11H,9-10H2,1H3,(H,18,20). The summed E-state index contributed by atoms with van der Waals surface area (Å²) in [4.78, 5) is 0.723. The second-order valence-electron chi connectivity index (χ2n) is 4.36. The van der Waals surface area contributed by atoms with Gasteiger partial charge in [-0.2, -0.15) is 0 Å². The molecule has 20 heavy (non-hydrogen) atoms. The van der Waals surface area contributed by atoms with E-state index in [4.69, 9.17) is 28.6 Å². The molecule has 2 rings (SSSR count). The summed E-state index contributed by atoms with van der Waals surface area (Å²) < 4.78 is 5.13. The SMILES string of the molecule is COc1ccc(CCNC(=S)c2cccc(Cl)c2)cc1. The van der Waals surface area contributed by atoms with Gasteiger partial charge in [-0.1, -0.05) is 48.1 Å². The first-order valence-corrected chi connectivity index (χ1v) is 7.14. The molecule has 0 saturated carbocycles. The summed E-state index contributed by atoms with van der Waals surface area (Å²) in [5, 5.41) is 3.94. The Kier molecular flexibility index (Phi) is 5.39. The molecule has 2 aromatic carbocycles. The second kappa shape index (κ2) is 7.27. The molecule has 104 valence electrons. The Labute approximate surface area is 129 Å². The zero-order valence-electron chi connectivity index (χ0n) is 11.2. The predicted octanol–water partition coefficient (Wildman–Crippen LogP) is 3.86. The highest BCUT2D eigenvalue weighted by atomic mass is 35.5. The van der Waals surface area contributed by atoms with Crippen molar-refractivity contribution in [3.05, 3.63) is 64.7 Å². The first kappa shape index (κ1) is 14.8. The largest absolute Gasteiger partial charge is 0.497 e. The third kappa shape index (κ3) is 4.22. The number of methoxy groups -OCH3 is 1. The van der Waals surface area contributed by atoms with Crippen molar-refractivity contribution in [2.45, 2.75) is 6.42 Å². The van der Waals surface area contributed by atoms with Crippen LogP contribution in [-0.4, -0.2) is 18.6 Å². The third-order valence-electron chi connectivity index (χ3n) is 2.95. The minimum Gasteiger partial charge on any atom is -0.497 e. The van der Waals surface area contributed by atoms with Crippen LogP contribution in [0.2, 0.25) is 5.02 Å². The molecule has 2 nitrogen and oxygen atoms in total. The fourth-order valence-electron chi connectivity index (χ4n) is 1.84. The fraction of sp³-hybridized carbons (Fsp3) is 0.188. The van der Waals surface area contributed by atoms with Gasteiger partial charge in [0.05, 0.1) is 7.11 Å². The highest BCUT2D eigenvalue weighted by Crippen LogP contribution is 2.12. The molecule has 0 heterocycles. The Balaban J connectivity index is 1.84. The van der Waals surface area contributed by atoms with E-state index in [1.807, 2.05) is 36.4 Å². The molecule has 0 radical (unpaired) electrons. The first-order chi connectivity index (χ1) is 9.69. The lowest BCUT2D eigenvalue weighted by Crippen LogP contribution is -2.24. The van der Waals surface area contributed by atoms with Crippen LogP contribution in [-0.2, 0) is 6.42 Å². The van der Waals surface area contributed by atoms with Gasteiger partial charge in [-0.3, -0.25) is 0 Å². The van der Waals surface area contributed by atoms with Crippen molar-refractivity contribution in [3.63, 3.8) is 0 Å². The van der Waals surface area contributed by atoms with Crippen molar-refractivity contribution in [3.8, 4) is 5.75 Å². The van der Waals surface area contributed by atoms with Gasteiger partial charge in [0.25, 0.3) is 0 Å². The lowest BCUT2D eigenvalue weighted by molar-refractivity contribution is 0.414. The molecule has 0 fully saturated rings. The molecule has 2 aromatic rings. The number of ether oxygens (including phenoxy) is 1. The van der Waals surface area contributed by atoms with E-state index in [-0.39, 0.29) is 0 Å². The highest BCUT2D eigenvalue weighted by Gasteiger charge is 2.01. The van der Waals surface area contributed by atoms with Crippen LogP contribution in [0.4, 0.5) is 0 Å². The monoisotopic (exact) mass is 305 g/mol. The summed E-state index contributed by atoms with van der Waals surface area (Å²) in [7, 11) is 1.67. The van der Waals surface area contributed by atoms with E-state index in [9.17, 15) is 0 Å². The lowest BCUT2D eigenvalue weighted by atomic mass is 10.1. The van der Waals surface area contributed by atoms with Crippen molar-refractivity contribution in [1.82, 2.24) is 5.32 Å². The van der Waals surface area contributed by atoms with Gasteiger partial charge >= 0.3 is 0 Å². The summed E-state index contributed by atoms with van der Waals surface area (Å²) in [6.45, 7) is 0.789. The van der Waals surface area contributed by atoms with E-state index in [0.717, 1.165) is 29.3 Å². The normalized spacial score (nSPS) is 10.1. The van der Waals surface area contributed by atoms with E-state index < -0.39 is 0 Å². The minimum absolute atomic E-state index is 0.696. The Hall–Kier alpha value is -1.58. The molecule has 0 amide bonds. The molecular weight excluding hydrogens is 290 g/mol. The minimum atomic E-state index is 0.696. The van der Waals surface area contributed by atoms with Gasteiger partial charge in [0.2, 0.25) is 0 Å². The summed E-state index contributed by atoms with van der Waals surface area (Å²) in [6, 6.07) is 15.6. The number of halogens is 1. The van der Waals surface area contributed by atoms with Gasteiger partial charge in [0.1, 0.15) is 10.7 Å². The maximum Gasteiger partial charge on any atom is 0.118 e. The van der Waals surface area contributed by atoms with Crippen molar-refractivity contribution in [1.29, 1.82) is 0 Å². The summed E-state index contributed by atoms with van der Waals surface area (Å²) >= 11 is 11.3. The lowest BCUT2D eigenvalue weighted by Gasteiger charge is -2.09. The predicted molar refractivity (Wildman–Crippen MR) is 87.9 cm³/mol. The van der Waals surface area contributed by atoms with Gasteiger partial charge in [0.15, 0.2) is 0 Å². The summed E-state index contributed by atoms with van der Waals surface area (Å²) in [5.74, 6) is 0.871. The van der Waals surface area contributed by atoms with Gasteiger partial charge in [-0.15, -0.1) is 0 Å². The van der Waals surface area contributed by atoms with E-state index in [0.29, 0.717) is 5.02 Å². The van der Waals surface area contributed by atoms with Crippen LogP contribution in [0.1, 0.15) is 11.1 Å².